The summed E-state index contributed by atoms with van der Waals surface area (Å²) in [7, 11) is 0. The summed E-state index contributed by atoms with van der Waals surface area (Å²) in [4.78, 5) is 0. The molecule has 0 radical (unpaired) electrons. The lowest BCUT2D eigenvalue weighted by molar-refractivity contribution is 0.470. The van der Waals surface area contributed by atoms with Gasteiger partial charge < -0.3 is 10.4 Å². The first-order valence-corrected chi connectivity index (χ1v) is 4.65. The highest BCUT2D eigenvalue weighted by atomic mass is 79.9. The van der Waals surface area contributed by atoms with Crippen molar-refractivity contribution in [3.63, 3.8) is 0 Å². The number of rotatable bonds is 3. The van der Waals surface area contributed by atoms with Gasteiger partial charge in [0, 0.05) is 6.54 Å². The Hall–Kier alpha value is -0.980. The number of phenols is 1. The number of hydrogen-bond donors (Lipinski definition) is 2. The van der Waals surface area contributed by atoms with Crippen molar-refractivity contribution in [1.29, 1.82) is 0 Å². The second kappa shape index (κ2) is 4.90. The molecule has 0 atom stereocenters. The van der Waals surface area contributed by atoms with Crippen LogP contribution in [0.5, 0.6) is 5.75 Å². The summed E-state index contributed by atoms with van der Waals surface area (Å²) in [5.74, 6) is 2.73. The van der Waals surface area contributed by atoms with Gasteiger partial charge in [0.25, 0.3) is 0 Å². The lowest BCUT2D eigenvalue weighted by Gasteiger charge is -2.05. The van der Waals surface area contributed by atoms with Crippen LogP contribution in [0.2, 0.25) is 0 Å². The molecule has 0 aromatic heterocycles. The summed E-state index contributed by atoms with van der Waals surface area (Å²) in [6.07, 6.45) is 5.09. The van der Waals surface area contributed by atoms with Crippen molar-refractivity contribution in [3.05, 3.63) is 28.2 Å². The lowest BCUT2D eigenvalue weighted by Crippen LogP contribution is -2.13. The average molecular weight is 240 g/mol. The summed E-state index contributed by atoms with van der Waals surface area (Å²) in [5.41, 5.74) is 0.996. The van der Waals surface area contributed by atoms with E-state index in [1.54, 1.807) is 12.1 Å². The van der Waals surface area contributed by atoms with Gasteiger partial charge >= 0.3 is 0 Å². The largest absolute Gasteiger partial charge is 0.507 e. The van der Waals surface area contributed by atoms with Crippen molar-refractivity contribution in [2.24, 2.45) is 0 Å². The van der Waals surface area contributed by atoms with Gasteiger partial charge in [-0.1, -0.05) is 18.1 Å². The van der Waals surface area contributed by atoms with Gasteiger partial charge in [-0.2, -0.15) is 0 Å². The second-order valence-corrected chi connectivity index (χ2v) is 3.35. The van der Waals surface area contributed by atoms with E-state index in [4.69, 9.17) is 6.42 Å². The molecule has 13 heavy (non-hydrogen) atoms. The topological polar surface area (TPSA) is 32.3 Å². The molecule has 0 saturated heterocycles. The third-order valence-electron chi connectivity index (χ3n) is 1.60. The van der Waals surface area contributed by atoms with Gasteiger partial charge in [0.1, 0.15) is 5.75 Å². The molecular formula is C10H10BrNO. The third kappa shape index (κ3) is 2.76. The van der Waals surface area contributed by atoms with Crippen LogP contribution in [0, 0.1) is 12.3 Å². The first-order valence-electron chi connectivity index (χ1n) is 3.86. The molecule has 0 saturated carbocycles. The van der Waals surface area contributed by atoms with Crippen molar-refractivity contribution in [2.75, 3.05) is 6.54 Å². The summed E-state index contributed by atoms with van der Waals surface area (Å²) >= 11 is 3.29. The Morgan fingerprint density at radius 2 is 2.31 bits per heavy atom. The van der Waals surface area contributed by atoms with Crippen LogP contribution in [-0.2, 0) is 6.54 Å². The smallest absolute Gasteiger partial charge is 0.130 e. The quantitative estimate of drug-likeness (QED) is 0.624. The number of phenolic OH excluding ortho intramolecular Hbond substituents is 1. The molecule has 3 heteroatoms. The molecular weight excluding hydrogens is 230 g/mol. The van der Waals surface area contributed by atoms with E-state index in [0.717, 1.165) is 10.0 Å². The van der Waals surface area contributed by atoms with Gasteiger partial charge in [0.2, 0.25) is 0 Å². The zero-order valence-electron chi connectivity index (χ0n) is 7.05. The van der Waals surface area contributed by atoms with Gasteiger partial charge in [-0.05, 0) is 27.6 Å². The minimum absolute atomic E-state index is 0.250. The maximum Gasteiger partial charge on any atom is 0.130 e. The van der Waals surface area contributed by atoms with Crippen LogP contribution < -0.4 is 5.32 Å². The Kier molecular flexibility index (Phi) is 3.81. The molecule has 1 aromatic rings. The molecule has 0 amide bonds. The number of hydrogen-bond acceptors (Lipinski definition) is 2. The lowest BCUT2D eigenvalue weighted by atomic mass is 10.2. The number of benzene rings is 1. The molecule has 68 valence electrons. The Morgan fingerprint density at radius 3 is 3.00 bits per heavy atom. The van der Waals surface area contributed by atoms with E-state index < -0.39 is 0 Å². The number of halogens is 1. The highest BCUT2D eigenvalue weighted by Gasteiger charge is 2.02. The highest BCUT2D eigenvalue weighted by Crippen LogP contribution is 2.26. The molecule has 0 aliphatic heterocycles. The first-order chi connectivity index (χ1) is 6.25. The predicted octanol–water partition coefficient (Wildman–Crippen LogP) is 1.88. The molecule has 0 aliphatic carbocycles. The second-order valence-electron chi connectivity index (χ2n) is 2.56. The van der Waals surface area contributed by atoms with E-state index in [2.05, 4.69) is 27.2 Å². The number of terminal acetylenes is 1. The van der Waals surface area contributed by atoms with Crippen LogP contribution >= 0.6 is 15.9 Å². The number of aromatic hydroxyl groups is 1. The summed E-state index contributed by atoms with van der Waals surface area (Å²) in [5, 5.41) is 12.4. The number of nitrogens with one attached hydrogen (secondary N) is 1. The Balaban J connectivity index is 2.67. The van der Waals surface area contributed by atoms with E-state index in [9.17, 15) is 5.11 Å². The molecule has 0 fully saturated rings. The van der Waals surface area contributed by atoms with E-state index in [1.165, 1.54) is 0 Å². The monoisotopic (exact) mass is 239 g/mol. The van der Waals surface area contributed by atoms with E-state index in [-0.39, 0.29) is 5.75 Å². The zero-order valence-corrected chi connectivity index (χ0v) is 8.63. The van der Waals surface area contributed by atoms with Crippen LogP contribution in [0.1, 0.15) is 5.56 Å². The van der Waals surface area contributed by atoms with Crippen molar-refractivity contribution in [3.8, 4) is 18.1 Å². The van der Waals surface area contributed by atoms with Gasteiger partial charge in [-0.15, -0.1) is 6.42 Å². The van der Waals surface area contributed by atoms with E-state index in [1.807, 2.05) is 6.07 Å². The fourth-order valence-corrected chi connectivity index (χ4v) is 1.38. The Bertz CT molecular complexity index is 330. The van der Waals surface area contributed by atoms with E-state index in [0.29, 0.717) is 13.1 Å². The van der Waals surface area contributed by atoms with Gasteiger partial charge in [-0.3, -0.25) is 0 Å². The minimum Gasteiger partial charge on any atom is -0.507 e. The first kappa shape index (κ1) is 10.1. The fourth-order valence-electron chi connectivity index (χ4n) is 0.972. The molecule has 0 unspecified atom stereocenters. The highest BCUT2D eigenvalue weighted by molar-refractivity contribution is 9.10. The van der Waals surface area contributed by atoms with Crippen molar-refractivity contribution >= 4 is 15.9 Å². The maximum absolute atomic E-state index is 9.34. The minimum atomic E-state index is 0.250. The van der Waals surface area contributed by atoms with Crippen LogP contribution in [0.4, 0.5) is 0 Å². The van der Waals surface area contributed by atoms with Crippen LogP contribution in [0.3, 0.4) is 0 Å². The molecule has 0 bridgehead atoms. The van der Waals surface area contributed by atoms with Gasteiger partial charge in [0.15, 0.2) is 0 Å². The molecule has 0 spiro atoms. The van der Waals surface area contributed by atoms with Crippen molar-refractivity contribution in [2.45, 2.75) is 6.54 Å². The average Bonchev–Trinajstić information content (AvgIpc) is 2.13. The molecule has 1 rings (SSSR count). The fraction of sp³-hybridized carbons (Fsp3) is 0.200. The molecule has 2 N–H and O–H groups in total. The Labute approximate surface area is 86.1 Å². The summed E-state index contributed by atoms with van der Waals surface area (Å²) in [6, 6.07) is 5.36. The summed E-state index contributed by atoms with van der Waals surface area (Å²) < 4.78 is 0.722. The van der Waals surface area contributed by atoms with Gasteiger partial charge in [0.05, 0.1) is 11.0 Å². The van der Waals surface area contributed by atoms with Gasteiger partial charge in [-0.25, -0.2) is 0 Å². The Morgan fingerprint density at radius 1 is 1.54 bits per heavy atom. The van der Waals surface area contributed by atoms with E-state index >= 15 is 0 Å². The maximum atomic E-state index is 9.34. The molecule has 1 aromatic carbocycles. The normalized spacial score (nSPS) is 9.54. The van der Waals surface area contributed by atoms with Crippen molar-refractivity contribution < 1.29 is 5.11 Å². The third-order valence-corrected chi connectivity index (χ3v) is 2.52. The molecule has 0 heterocycles. The molecule has 2 nitrogen and oxygen atoms in total. The SMILES string of the molecule is C#CCNCc1cccc(O)c1Br. The van der Waals surface area contributed by atoms with Crippen LogP contribution in [-0.4, -0.2) is 11.7 Å². The van der Waals surface area contributed by atoms with Crippen LogP contribution in [0.15, 0.2) is 22.7 Å². The summed E-state index contributed by atoms with van der Waals surface area (Å²) in [6.45, 7) is 1.18. The molecule has 0 aliphatic rings. The predicted molar refractivity (Wildman–Crippen MR) is 56.3 cm³/mol. The van der Waals surface area contributed by atoms with Crippen molar-refractivity contribution in [1.82, 2.24) is 5.32 Å². The zero-order chi connectivity index (χ0) is 9.68. The standard InChI is InChI=1S/C10H10BrNO/c1-2-6-12-7-8-4-3-5-9(13)10(8)11/h1,3-5,12-13H,6-7H2. The van der Waals surface area contributed by atoms with Crippen LogP contribution in [0.25, 0.3) is 0 Å².